The summed E-state index contributed by atoms with van der Waals surface area (Å²) in [7, 11) is 3.54. The highest BCUT2D eigenvalue weighted by molar-refractivity contribution is 5.99. The van der Waals surface area contributed by atoms with Crippen molar-refractivity contribution in [2.24, 2.45) is 0 Å². The molecular formula is C35H43N11O4. The molecule has 4 saturated heterocycles. The molecule has 7 heterocycles. The van der Waals surface area contributed by atoms with Gasteiger partial charge in [0, 0.05) is 50.5 Å². The molecule has 4 fully saturated rings. The van der Waals surface area contributed by atoms with E-state index in [0.717, 1.165) is 80.1 Å². The first-order valence-electron chi connectivity index (χ1n) is 17.5. The van der Waals surface area contributed by atoms with E-state index in [-0.39, 0.29) is 30.2 Å². The summed E-state index contributed by atoms with van der Waals surface area (Å²) in [6, 6.07) is 11.6. The van der Waals surface area contributed by atoms with Crippen LogP contribution in [-0.2, 0) is 9.47 Å². The third-order valence-corrected chi connectivity index (χ3v) is 10.4. The summed E-state index contributed by atoms with van der Waals surface area (Å²) >= 11 is 0. The van der Waals surface area contributed by atoms with E-state index in [0.29, 0.717) is 43.5 Å². The lowest BCUT2D eigenvalue weighted by atomic mass is 10.1. The zero-order chi connectivity index (χ0) is 34.2. The minimum Gasteiger partial charge on any atom is -0.453 e. The van der Waals surface area contributed by atoms with E-state index in [9.17, 15) is 9.59 Å². The molecule has 3 aromatic heterocycles. The molecule has 4 aromatic rings. The smallest absolute Gasteiger partial charge is 0.409 e. The second-order valence-electron chi connectivity index (χ2n) is 13.6. The van der Waals surface area contributed by atoms with Crippen LogP contribution in [0.4, 0.5) is 32.6 Å². The number of fused-ring (bicyclic) bond motifs is 3. The highest BCUT2D eigenvalue weighted by atomic mass is 16.5. The van der Waals surface area contributed by atoms with E-state index in [1.165, 1.54) is 7.11 Å². The lowest BCUT2D eigenvalue weighted by Crippen LogP contribution is -2.46. The number of nitrogens with zero attached hydrogens (tertiary/aromatic N) is 9. The van der Waals surface area contributed by atoms with Crippen molar-refractivity contribution in [2.75, 3.05) is 87.1 Å². The zero-order valence-corrected chi connectivity index (χ0v) is 28.5. The largest absolute Gasteiger partial charge is 0.453 e. The molecule has 3 amide bonds. The van der Waals surface area contributed by atoms with Crippen molar-refractivity contribution >= 4 is 46.2 Å². The number of pyridine rings is 1. The highest BCUT2D eigenvalue weighted by Gasteiger charge is 2.40. The van der Waals surface area contributed by atoms with Gasteiger partial charge in [-0.1, -0.05) is 0 Å². The number of aromatic nitrogens is 5. The molecular weight excluding hydrogens is 638 g/mol. The van der Waals surface area contributed by atoms with E-state index < -0.39 is 0 Å². The van der Waals surface area contributed by atoms with Gasteiger partial charge in [-0.2, -0.15) is 5.10 Å². The van der Waals surface area contributed by atoms with Gasteiger partial charge in [0.1, 0.15) is 11.6 Å². The van der Waals surface area contributed by atoms with E-state index in [1.54, 1.807) is 11.1 Å². The minimum atomic E-state index is -0.350. The SMILES string of the molecule is COC(=O)N1CCC(n2ncc3c(N4C5CCC4COC5)nc(-c4ccc(NC(=O)Nc5ccc(N6CCN(C)CC6)nc5)cc4)nc32)CC1. The number of nitrogens with one attached hydrogen (secondary N) is 2. The molecule has 0 aliphatic carbocycles. The Morgan fingerprint density at radius 2 is 1.52 bits per heavy atom. The summed E-state index contributed by atoms with van der Waals surface area (Å²) in [5.41, 5.74) is 2.87. The first-order valence-corrected chi connectivity index (χ1v) is 17.5. The Labute approximate surface area is 290 Å². The summed E-state index contributed by atoms with van der Waals surface area (Å²) in [6.45, 7) is 6.42. The quantitative estimate of drug-likeness (QED) is 0.304. The molecule has 4 aliphatic heterocycles. The third kappa shape index (κ3) is 6.38. The zero-order valence-electron chi connectivity index (χ0n) is 28.5. The van der Waals surface area contributed by atoms with E-state index in [4.69, 9.17) is 24.5 Å². The topological polar surface area (TPSA) is 146 Å². The molecule has 15 nitrogen and oxygen atoms in total. The van der Waals surface area contributed by atoms with Crippen molar-refractivity contribution in [1.82, 2.24) is 34.5 Å². The molecule has 15 heteroatoms. The van der Waals surface area contributed by atoms with Crippen molar-refractivity contribution in [1.29, 1.82) is 0 Å². The van der Waals surface area contributed by atoms with E-state index >= 15 is 0 Å². The van der Waals surface area contributed by atoms with Gasteiger partial charge in [0.15, 0.2) is 11.5 Å². The fraction of sp³-hybridized carbons (Fsp3) is 0.486. The van der Waals surface area contributed by atoms with Crippen molar-refractivity contribution in [3.05, 3.63) is 48.8 Å². The molecule has 1 aromatic carbocycles. The number of piperidine rings is 1. The number of ether oxygens (including phenoxy) is 2. The molecule has 50 heavy (non-hydrogen) atoms. The Morgan fingerprint density at radius 3 is 2.20 bits per heavy atom. The predicted molar refractivity (Wildman–Crippen MR) is 190 cm³/mol. The van der Waals surface area contributed by atoms with Gasteiger partial charge in [0.25, 0.3) is 0 Å². The van der Waals surface area contributed by atoms with Crippen LogP contribution < -0.4 is 20.4 Å². The summed E-state index contributed by atoms with van der Waals surface area (Å²) in [4.78, 5) is 48.5. The number of piperazine rings is 1. The first kappa shape index (κ1) is 32.2. The fourth-order valence-corrected chi connectivity index (χ4v) is 7.58. The molecule has 0 saturated carbocycles. The van der Waals surface area contributed by atoms with Gasteiger partial charge in [-0.05, 0) is 69.1 Å². The van der Waals surface area contributed by atoms with Crippen molar-refractivity contribution in [2.45, 2.75) is 43.8 Å². The monoisotopic (exact) mass is 681 g/mol. The van der Waals surface area contributed by atoms with Gasteiger partial charge in [0.2, 0.25) is 0 Å². The average Bonchev–Trinajstić information content (AvgIpc) is 3.68. The Hall–Kier alpha value is -5.02. The first-order chi connectivity index (χ1) is 24.4. The number of hydrogen-bond acceptors (Lipinski definition) is 11. The summed E-state index contributed by atoms with van der Waals surface area (Å²) < 4.78 is 12.8. The molecule has 0 spiro atoms. The Kier molecular flexibility index (Phi) is 8.83. The molecule has 8 rings (SSSR count). The number of urea groups is 1. The van der Waals surface area contributed by atoms with Gasteiger partial charge in [-0.3, -0.25) is 0 Å². The normalized spacial score (nSPS) is 21.4. The van der Waals surface area contributed by atoms with Gasteiger partial charge >= 0.3 is 12.1 Å². The van der Waals surface area contributed by atoms with Gasteiger partial charge in [0.05, 0.1) is 61.9 Å². The second kappa shape index (κ2) is 13.7. The van der Waals surface area contributed by atoms with Crippen LogP contribution in [0.25, 0.3) is 22.4 Å². The third-order valence-electron chi connectivity index (χ3n) is 10.4. The Balaban J connectivity index is 1.01. The second-order valence-corrected chi connectivity index (χ2v) is 13.6. The van der Waals surface area contributed by atoms with Crippen molar-refractivity contribution < 1.29 is 19.1 Å². The van der Waals surface area contributed by atoms with Crippen LogP contribution >= 0.6 is 0 Å². The van der Waals surface area contributed by atoms with Crippen LogP contribution in [0.2, 0.25) is 0 Å². The van der Waals surface area contributed by atoms with Crippen LogP contribution in [-0.4, -0.2) is 125 Å². The van der Waals surface area contributed by atoms with Gasteiger partial charge < -0.3 is 39.7 Å². The van der Waals surface area contributed by atoms with Crippen LogP contribution in [0.5, 0.6) is 0 Å². The maximum absolute atomic E-state index is 12.9. The maximum Gasteiger partial charge on any atom is 0.409 e. The number of likely N-dealkylation sites (tertiary alicyclic amines) is 1. The number of rotatable bonds is 6. The Bertz CT molecular complexity index is 1820. The number of hydrogen-bond donors (Lipinski definition) is 2. The molecule has 262 valence electrons. The lowest BCUT2D eigenvalue weighted by Gasteiger charge is -2.36. The average molecular weight is 682 g/mol. The Morgan fingerprint density at radius 1 is 0.820 bits per heavy atom. The van der Waals surface area contributed by atoms with Crippen molar-refractivity contribution in [3.8, 4) is 11.4 Å². The van der Waals surface area contributed by atoms with E-state index in [1.807, 2.05) is 47.3 Å². The molecule has 2 unspecified atom stereocenters. The van der Waals surface area contributed by atoms with Crippen LogP contribution in [0.15, 0.2) is 48.8 Å². The molecule has 4 aliphatic rings. The number of morpholine rings is 1. The maximum atomic E-state index is 12.9. The fourth-order valence-electron chi connectivity index (χ4n) is 7.58. The highest BCUT2D eigenvalue weighted by Crippen LogP contribution is 2.38. The van der Waals surface area contributed by atoms with Gasteiger partial charge in [-0.15, -0.1) is 0 Å². The number of likely N-dealkylation sites (N-methyl/N-ethyl adjacent to an activating group) is 1. The molecule has 2 N–H and O–H groups in total. The number of benzene rings is 1. The number of carbonyl (C=O) groups is 2. The van der Waals surface area contributed by atoms with Crippen LogP contribution in [0.1, 0.15) is 31.7 Å². The number of anilines is 4. The molecule has 0 radical (unpaired) electrons. The number of carbonyl (C=O) groups excluding carboxylic acids is 2. The standard InChI is InChI=1S/C35H43N11O4/c1-42-15-17-43(18-16-42)30-10-7-25(19-36-30)39-34(47)38-24-5-3-23(4-6-24)31-40-32(45-27-8-9-28(45)22-50-21-27)29-20-37-46(33(29)41-31)26-11-13-44(14-12-26)35(48)49-2/h3-7,10,19-20,26-28H,8-9,11-18,21-22H2,1-2H3,(H2,38,39,47). The van der Waals surface area contributed by atoms with Crippen LogP contribution in [0, 0.1) is 0 Å². The predicted octanol–water partition coefficient (Wildman–Crippen LogP) is 4.06. The molecule has 2 bridgehead atoms. The summed E-state index contributed by atoms with van der Waals surface area (Å²) in [5, 5.41) is 11.6. The van der Waals surface area contributed by atoms with Gasteiger partial charge in [-0.25, -0.2) is 29.2 Å². The summed E-state index contributed by atoms with van der Waals surface area (Å²) in [5.74, 6) is 2.39. The molecule has 2 atom stereocenters. The van der Waals surface area contributed by atoms with E-state index in [2.05, 4.69) is 37.4 Å². The number of amides is 3. The number of methoxy groups -OCH3 is 1. The minimum absolute atomic E-state index is 0.0914. The lowest BCUT2D eigenvalue weighted by molar-refractivity contribution is 0.0904. The summed E-state index contributed by atoms with van der Waals surface area (Å²) in [6.07, 6.45) is 6.90. The van der Waals surface area contributed by atoms with Crippen LogP contribution in [0.3, 0.4) is 0 Å². The van der Waals surface area contributed by atoms with Crippen molar-refractivity contribution in [3.63, 3.8) is 0 Å².